The van der Waals surface area contributed by atoms with E-state index >= 15 is 0 Å². The van der Waals surface area contributed by atoms with Gasteiger partial charge in [-0.25, -0.2) is 0 Å². The molecule has 2 aliphatic rings. The van der Waals surface area contributed by atoms with E-state index in [0.29, 0.717) is 59.0 Å². The highest BCUT2D eigenvalue weighted by molar-refractivity contribution is 5.96. The summed E-state index contributed by atoms with van der Waals surface area (Å²) in [5.74, 6) is 0.796. The van der Waals surface area contributed by atoms with Crippen molar-refractivity contribution in [3.05, 3.63) is 58.7 Å². The first-order valence-electron chi connectivity index (χ1n) is 16.1. The Bertz CT molecular complexity index is 1380. The van der Waals surface area contributed by atoms with Crippen LogP contribution < -0.4 is 24.3 Å². The average Bonchev–Trinajstić information content (AvgIpc) is 3.47. The maximum absolute atomic E-state index is 14.0. The van der Waals surface area contributed by atoms with E-state index in [1.165, 1.54) is 7.11 Å². The number of nitrogens with zero attached hydrogens (tertiary/aromatic N) is 1. The Morgan fingerprint density at radius 1 is 0.978 bits per heavy atom. The monoisotopic (exact) mass is 640 g/mol. The van der Waals surface area contributed by atoms with Crippen molar-refractivity contribution >= 4 is 11.8 Å². The summed E-state index contributed by atoms with van der Waals surface area (Å²) in [5.41, 5.74) is 2.32. The van der Waals surface area contributed by atoms with Gasteiger partial charge in [0, 0.05) is 30.6 Å². The lowest BCUT2D eigenvalue weighted by atomic mass is 9.77. The van der Waals surface area contributed by atoms with Crippen molar-refractivity contribution in [2.45, 2.75) is 82.6 Å². The van der Waals surface area contributed by atoms with Crippen LogP contribution in [0.15, 0.2) is 42.0 Å². The van der Waals surface area contributed by atoms with E-state index in [1.807, 2.05) is 12.1 Å². The van der Waals surface area contributed by atoms with Crippen LogP contribution in [0.25, 0.3) is 0 Å². The molecular weight excluding hydrogens is 592 g/mol. The average molecular weight is 641 g/mol. The van der Waals surface area contributed by atoms with Gasteiger partial charge in [-0.15, -0.1) is 0 Å². The van der Waals surface area contributed by atoms with Crippen LogP contribution in [0.1, 0.15) is 68.1 Å². The van der Waals surface area contributed by atoms with Crippen molar-refractivity contribution in [2.24, 2.45) is 0 Å². The number of aliphatic hydroxyl groups is 3. The molecule has 2 amide bonds. The lowest BCUT2D eigenvalue weighted by Crippen LogP contribution is -2.56. The van der Waals surface area contributed by atoms with Crippen LogP contribution in [0.3, 0.4) is 0 Å². The number of ether oxygens (including phenoxy) is 4. The highest BCUT2D eigenvalue weighted by Gasteiger charge is 2.51. The smallest absolute Gasteiger partial charge is 0.247 e. The largest absolute Gasteiger partial charge is 0.497 e. The van der Waals surface area contributed by atoms with E-state index in [1.54, 1.807) is 43.4 Å². The third kappa shape index (κ3) is 7.76. The predicted octanol–water partition coefficient (Wildman–Crippen LogP) is 3.26. The standard InChI is InChI=1S/C35H48N2O9/c1-5-6-7-8-9-10-30(40)37(15-13-23-19-24(43-2)11-12-28(23)44-3)27-20-26(35(42)36-14-16-38)31-25-17-22(21-39)18-29(45-4)33(25)46-34(31)32(27)41/h11-12,17-20,27,31-32,34,38-39,41H,5-10,13-16,21H2,1-4H3,(H,36,42). The summed E-state index contributed by atoms with van der Waals surface area (Å²) in [4.78, 5) is 29.2. The van der Waals surface area contributed by atoms with Gasteiger partial charge in [0.2, 0.25) is 11.8 Å². The van der Waals surface area contributed by atoms with Gasteiger partial charge in [0.05, 0.1) is 46.5 Å². The van der Waals surface area contributed by atoms with Gasteiger partial charge in [-0.3, -0.25) is 9.59 Å². The van der Waals surface area contributed by atoms with Gasteiger partial charge in [-0.2, -0.15) is 0 Å². The minimum Gasteiger partial charge on any atom is -0.497 e. The lowest BCUT2D eigenvalue weighted by Gasteiger charge is -2.41. The number of unbranched alkanes of at least 4 members (excludes halogenated alkanes) is 4. The van der Waals surface area contributed by atoms with Gasteiger partial charge in [-0.05, 0) is 60.4 Å². The third-order valence-electron chi connectivity index (χ3n) is 8.78. The molecule has 1 heterocycles. The molecule has 4 N–H and O–H groups in total. The van der Waals surface area contributed by atoms with E-state index in [-0.39, 0.29) is 32.2 Å². The van der Waals surface area contributed by atoms with Crippen molar-refractivity contribution in [1.29, 1.82) is 0 Å². The molecular formula is C35H48N2O9. The number of benzene rings is 2. The first-order chi connectivity index (χ1) is 22.3. The fourth-order valence-electron chi connectivity index (χ4n) is 6.40. The quantitative estimate of drug-likeness (QED) is 0.191. The molecule has 2 aromatic rings. The lowest BCUT2D eigenvalue weighted by molar-refractivity contribution is -0.137. The summed E-state index contributed by atoms with van der Waals surface area (Å²) in [7, 11) is 4.65. The number of carbonyl (C=O) groups is 2. The Morgan fingerprint density at radius 3 is 2.41 bits per heavy atom. The van der Waals surface area contributed by atoms with Crippen LogP contribution in [-0.4, -0.2) is 91.3 Å². The summed E-state index contributed by atoms with van der Waals surface area (Å²) < 4.78 is 22.9. The van der Waals surface area contributed by atoms with E-state index < -0.39 is 30.1 Å². The third-order valence-corrected chi connectivity index (χ3v) is 8.78. The summed E-state index contributed by atoms with van der Waals surface area (Å²) >= 11 is 0. The molecule has 46 heavy (non-hydrogen) atoms. The molecule has 4 unspecified atom stereocenters. The van der Waals surface area contributed by atoms with Crippen molar-refractivity contribution in [3.8, 4) is 23.0 Å². The van der Waals surface area contributed by atoms with Gasteiger partial charge in [0.1, 0.15) is 23.7 Å². The second kappa shape index (κ2) is 16.7. The number of carbonyl (C=O) groups excluding carboxylic acids is 2. The van der Waals surface area contributed by atoms with Gasteiger partial charge in [-0.1, -0.05) is 32.6 Å². The molecule has 0 saturated carbocycles. The Balaban J connectivity index is 1.74. The summed E-state index contributed by atoms with van der Waals surface area (Å²) in [6.07, 6.45) is 5.14. The van der Waals surface area contributed by atoms with Crippen LogP contribution in [0.2, 0.25) is 0 Å². The number of nitrogens with one attached hydrogen (secondary N) is 1. The topological polar surface area (TPSA) is 147 Å². The Hall–Kier alpha value is -3.80. The summed E-state index contributed by atoms with van der Waals surface area (Å²) in [6.45, 7) is 1.91. The highest BCUT2D eigenvalue weighted by Crippen LogP contribution is 2.51. The molecule has 252 valence electrons. The molecule has 4 rings (SSSR count). The Kier molecular flexibility index (Phi) is 12.7. The molecule has 0 bridgehead atoms. The summed E-state index contributed by atoms with van der Waals surface area (Å²) in [6, 6.07) is 8.01. The molecule has 1 aliphatic carbocycles. The number of hydrogen-bond donors (Lipinski definition) is 4. The molecule has 11 nitrogen and oxygen atoms in total. The van der Waals surface area contributed by atoms with Crippen molar-refractivity contribution in [1.82, 2.24) is 10.2 Å². The van der Waals surface area contributed by atoms with Gasteiger partial charge in [0.25, 0.3) is 0 Å². The Labute approximate surface area is 271 Å². The molecule has 0 spiro atoms. The number of fused-ring (bicyclic) bond motifs is 3. The van der Waals surface area contributed by atoms with Crippen molar-refractivity contribution in [3.63, 3.8) is 0 Å². The highest BCUT2D eigenvalue weighted by atomic mass is 16.5. The zero-order chi connectivity index (χ0) is 33.2. The van der Waals surface area contributed by atoms with Crippen molar-refractivity contribution < 1.29 is 43.9 Å². The minimum atomic E-state index is -1.19. The summed E-state index contributed by atoms with van der Waals surface area (Å²) in [5, 5.41) is 34.0. The van der Waals surface area contributed by atoms with E-state index in [4.69, 9.17) is 18.9 Å². The zero-order valence-corrected chi connectivity index (χ0v) is 27.3. The van der Waals surface area contributed by atoms with Crippen LogP contribution in [-0.2, 0) is 22.6 Å². The number of methoxy groups -OCH3 is 3. The number of rotatable bonds is 17. The first kappa shape index (κ1) is 35.1. The second-order valence-corrected chi connectivity index (χ2v) is 11.7. The number of hydrogen-bond acceptors (Lipinski definition) is 9. The Morgan fingerprint density at radius 2 is 1.74 bits per heavy atom. The van der Waals surface area contributed by atoms with Gasteiger partial charge in [0.15, 0.2) is 11.5 Å². The predicted molar refractivity (Wildman–Crippen MR) is 172 cm³/mol. The molecule has 0 fully saturated rings. The molecule has 0 radical (unpaired) electrons. The first-order valence-corrected chi connectivity index (χ1v) is 16.1. The van der Waals surface area contributed by atoms with E-state index in [2.05, 4.69) is 12.2 Å². The van der Waals surface area contributed by atoms with Gasteiger partial charge < -0.3 is 44.5 Å². The SMILES string of the molecule is CCCCCCCC(=O)N(CCc1cc(OC)ccc1OC)C1C=C(C(=O)NCCO)C2c3cc(CO)cc(OC)c3OC2C1O. The van der Waals surface area contributed by atoms with E-state index in [0.717, 1.165) is 31.2 Å². The van der Waals surface area contributed by atoms with Crippen LogP contribution in [0.5, 0.6) is 23.0 Å². The van der Waals surface area contributed by atoms with Crippen LogP contribution in [0, 0.1) is 0 Å². The maximum Gasteiger partial charge on any atom is 0.247 e. The second-order valence-electron chi connectivity index (χ2n) is 11.7. The van der Waals surface area contributed by atoms with Crippen LogP contribution >= 0.6 is 0 Å². The number of aliphatic hydroxyl groups excluding tert-OH is 3. The van der Waals surface area contributed by atoms with Crippen LogP contribution in [0.4, 0.5) is 0 Å². The number of amides is 2. The normalized spacial score (nSPS) is 19.8. The fraction of sp³-hybridized carbons (Fsp3) is 0.543. The maximum atomic E-state index is 14.0. The molecule has 4 atom stereocenters. The fourth-order valence-corrected chi connectivity index (χ4v) is 6.40. The van der Waals surface area contributed by atoms with E-state index in [9.17, 15) is 24.9 Å². The molecule has 0 saturated heterocycles. The minimum absolute atomic E-state index is 0.0323. The zero-order valence-electron chi connectivity index (χ0n) is 27.3. The molecule has 0 aromatic heterocycles. The van der Waals surface area contributed by atoms with Gasteiger partial charge >= 0.3 is 0 Å². The molecule has 1 aliphatic heterocycles. The van der Waals surface area contributed by atoms with Crippen molar-refractivity contribution in [2.75, 3.05) is 41.0 Å². The molecule has 2 aromatic carbocycles. The molecule has 11 heteroatoms.